The average Bonchev–Trinajstić information content (AvgIpc) is 2.39. The number of carbonyl (C=O) groups excluding carboxylic acids is 1. The van der Waals surface area contributed by atoms with Crippen molar-refractivity contribution in [3.05, 3.63) is 42.1 Å². The summed E-state index contributed by atoms with van der Waals surface area (Å²) in [4.78, 5) is 15.6. The zero-order valence-corrected chi connectivity index (χ0v) is 10.3. The van der Waals surface area contributed by atoms with Gasteiger partial charge < -0.3 is 10.1 Å². The number of carbonyl (C=O) groups is 1. The van der Waals surface area contributed by atoms with E-state index in [0.29, 0.717) is 6.54 Å². The summed E-state index contributed by atoms with van der Waals surface area (Å²) >= 11 is 0. The first-order valence-electron chi connectivity index (χ1n) is 5.89. The lowest BCUT2D eigenvalue weighted by Gasteiger charge is -2.07. The highest BCUT2D eigenvalue weighted by molar-refractivity contribution is 5.81. The van der Waals surface area contributed by atoms with E-state index in [9.17, 15) is 4.79 Å². The fraction of sp³-hybridized carbons (Fsp3) is 0.286. The van der Waals surface area contributed by atoms with Crippen LogP contribution in [-0.4, -0.2) is 31.2 Å². The molecule has 2 aromatic rings. The van der Waals surface area contributed by atoms with Crippen LogP contribution in [0, 0.1) is 0 Å². The molecule has 4 heteroatoms. The molecule has 1 aromatic carbocycles. The third-order valence-corrected chi connectivity index (χ3v) is 2.71. The number of nitrogens with one attached hydrogen (secondary N) is 1. The number of para-hydroxylation sites is 1. The number of rotatable bonds is 5. The van der Waals surface area contributed by atoms with Crippen molar-refractivity contribution in [1.82, 2.24) is 10.3 Å². The zero-order chi connectivity index (χ0) is 12.8. The van der Waals surface area contributed by atoms with E-state index in [4.69, 9.17) is 4.74 Å². The largest absolute Gasteiger partial charge is 0.375 e. The Labute approximate surface area is 106 Å². The van der Waals surface area contributed by atoms with Crippen LogP contribution in [0.15, 0.2) is 36.5 Å². The summed E-state index contributed by atoms with van der Waals surface area (Å²) in [5.74, 6) is -0.0919. The average molecular weight is 244 g/mol. The molecule has 0 aliphatic carbocycles. The smallest absolute Gasteiger partial charge is 0.245 e. The van der Waals surface area contributed by atoms with Gasteiger partial charge in [-0.25, -0.2) is 0 Å². The van der Waals surface area contributed by atoms with Gasteiger partial charge in [0, 0.05) is 25.2 Å². The van der Waals surface area contributed by atoms with Crippen molar-refractivity contribution in [2.75, 3.05) is 20.3 Å². The van der Waals surface area contributed by atoms with Gasteiger partial charge in [-0.2, -0.15) is 0 Å². The van der Waals surface area contributed by atoms with E-state index in [0.717, 1.165) is 22.9 Å². The number of hydrogen-bond donors (Lipinski definition) is 1. The van der Waals surface area contributed by atoms with Gasteiger partial charge in [-0.1, -0.05) is 24.3 Å². The molecule has 0 saturated heterocycles. The summed E-state index contributed by atoms with van der Waals surface area (Å²) in [5, 5.41) is 3.93. The summed E-state index contributed by atoms with van der Waals surface area (Å²) in [6.07, 6.45) is 2.55. The maximum absolute atomic E-state index is 11.2. The molecule has 94 valence electrons. The predicted octanol–water partition coefficient (Wildman–Crippen LogP) is 1.54. The Morgan fingerprint density at radius 2 is 2.17 bits per heavy atom. The molecular formula is C14H16N2O2. The second kappa shape index (κ2) is 6.12. The van der Waals surface area contributed by atoms with Crippen LogP contribution >= 0.6 is 0 Å². The lowest BCUT2D eigenvalue weighted by molar-refractivity contribution is -0.124. The number of aromatic nitrogens is 1. The van der Waals surface area contributed by atoms with Gasteiger partial charge in [-0.05, 0) is 18.1 Å². The Morgan fingerprint density at radius 1 is 1.33 bits per heavy atom. The first-order valence-corrected chi connectivity index (χ1v) is 5.89. The van der Waals surface area contributed by atoms with Crippen molar-refractivity contribution in [2.24, 2.45) is 0 Å². The van der Waals surface area contributed by atoms with Crippen molar-refractivity contribution in [3.63, 3.8) is 0 Å². The number of nitrogens with zero attached hydrogens (tertiary/aromatic N) is 1. The van der Waals surface area contributed by atoms with E-state index < -0.39 is 0 Å². The van der Waals surface area contributed by atoms with Crippen LogP contribution in [0.25, 0.3) is 10.9 Å². The second-order valence-electron chi connectivity index (χ2n) is 4.03. The number of fused-ring (bicyclic) bond motifs is 1. The Morgan fingerprint density at radius 3 is 3.00 bits per heavy atom. The highest BCUT2D eigenvalue weighted by atomic mass is 16.5. The third-order valence-electron chi connectivity index (χ3n) is 2.71. The minimum atomic E-state index is -0.0919. The molecule has 0 radical (unpaired) electrons. The minimum Gasteiger partial charge on any atom is -0.375 e. The fourth-order valence-corrected chi connectivity index (χ4v) is 1.89. The van der Waals surface area contributed by atoms with E-state index >= 15 is 0 Å². The number of pyridine rings is 1. The molecule has 0 unspecified atom stereocenters. The molecule has 0 aliphatic heterocycles. The lowest BCUT2D eigenvalue weighted by Crippen LogP contribution is -2.29. The molecule has 1 amide bonds. The number of ether oxygens (including phenoxy) is 1. The van der Waals surface area contributed by atoms with Crippen molar-refractivity contribution in [3.8, 4) is 0 Å². The fourth-order valence-electron chi connectivity index (χ4n) is 1.89. The summed E-state index contributed by atoms with van der Waals surface area (Å²) in [7, 11) is 1.51. The van der Waals surface area contributed by atoms with Gasteiger partial charge in [0.15, 0.2) is 0 Å². The van der Waals surface area contributed by atoms with Crippen molar-refractivity contribution in [2.45, 2.75) is 6.42 Å². The van der Waals surface area contributed by atoms with Gasteiger partial charge >= 0.3 is 0 Å². The third kappa shape index (κ3) is 3.05. The number of amides is 1. The SMILES string of the molecule is COCC(=O)NCCc1cccc2cccnc12. The molecule has 0 aliphatic rings. The molecule has 1 aromatic heterocycles. The number of methoxy groups -OCH3 is 1. The van der Waals surface area contributed by atoms with Crippen LogP contribution in [0.3, 0.4) is 0 Å². The topological polar surface area (TPSA) is 51.2 Å². The highest BCUT2D eigenvalue weighted by Crippen LogP contribution is 2.15. The second-order valence-corrected chi connectivity index (χ2v) is 4.03. The first-order chi connectivity index (χ1) is 8.81. The molecule has 0 bridgehead atoms. The van der Waals surface area contributed by atoms with Crippen LogP contribution in [0.1, 0.15) is 5.56 Å². The standard InChI is InChI=1S/C14H16N2O2/c1-18-10-13(17)15-9-7-12-5-2-4-11-6-3-8-16-14(11)12/h2-6,8H,7,9-10H2,1H3,(H,15,17). The van der Waals surface area contributed by atoms with Gasteiger partial charge in [0.1, 0.15) is 6.61 Å². The predicted molar refractivity (Wildman–Crippen MR) is 70.3 cm³/mol. The van der Waals surface area contributed by atoms with Gasteiger partial charge in [0.25, 0.3) is 0 Å². The molecule has 1 N–H and O–H groups in total. The van der Waals surface area contributed by atoms with E-state index in [1.54, 1.807) is 6.20 Å². The molecule has 2 rings (SSSR count). The van der Waals surface area contributed by atoms with Crippen LogP contribution in [0.2, 0.25) is 0 Å². The number of hydrogen-bond acceptors (Lipinski definition) is 3. The van der Waals surface area contributed by atoms with Crippen molar-refractivity contribution >= 4 is 16.8 Å². The maximum atomic E-state index is 11.2. The van der Waals surface area contributed by atoms with Crippen LogP contribution in [0.5, 0.6) is 0 Å². The van der Waals surface area contributed by atoms with Gasteiger partial charge in [-0.15, -0.1) is 0 Å². The van der Waals surface area contributed by atoms with Crippen molar-refractivity contribution < 1.29 is 9.53 Å². The van der Waals surface area contributed by atoms with Gasteiger partial charge in [0.2, 0.25) is 5.91 Å². The Balaban J connectivity index is 2.01. The van der Waals surface area contributed by atoms with E-state index in [1.165, 1.54) is 7.11 Å². The summed E-state index contributed by atoms with van der Waals surface area (Å²) in [5.41, 5.74) is 2.15. The molecule has 0 atom stereocenters. The normalized spacial score (nSPS) is 10.5. The quantitative estimate of drug-likeness (QED) is 0.868. The summed E-state index contributed by atoms with van der Waals surface area (Å²) < 4.78 is 4.75. The van der Waals surface area contributed by atoms with Crippen LogP contribution in [0.4, 0.5) is 0 Å². The highest BCUT2D eigenvalue weighted by Gasteiger charge is 2.03. The van der Waals surface area contributed by atoms with E-state index in [2.05, 4.69) is 10.3 Å². The molecule has 4 nitrogen and oxygen atoms in total. The van der Waals surface area contributed by atoms with Crippen LogP contribution in [-0.2, 0) is 16.0 Å². The Hall–Kier alpha value is -1.94. The van der Waals surface area contributed by atoms with Crippen molar-refractivity contribution in [1.29, 1.82) is 0 Å². The van der Waals surface area contributed by atoms with Gasteiger partial charge in [-0.3, -0.25) is 9.78 Å². The minimum absolute atomic E-state index is 0.0919. The summed E-state index contributed by atoms with van der Waals surface area (Å²) in [6, 6.07) is 10.0. The lowest BCUT2D eigenvalue weighted by atomic mass is 10.1. The molecule has 1 heterocycles. The molecule has 0 saturated carbocycles. The first kappa shape index (κ1) is 12.5. The zero-order valence-electron chi connectivity index (χ0n) is 10.3. The Kier molecular flexibility index (Phi) is 4.25. The summed E-state index contributed by atoms with van der Waals surface area (Å²) in [6.45, 7) is 0.700. The Bertz CT molecular complexity index is 535. The van der Waals surface area contributed by atoms with Crippen LogP contribution < -0.4 is 5.32 Å². The monoisotopic (exact) mass is 244 g/mol. The maximum Gasteiger partial charge on any atom is 0.245 e. The molecule has 0 fully saturated rings. The number of benzene rings is 1. The molecule has 18 heavy (non-hydrogen) atoms. The van der Waals surface area contributed by atoms with Gasteiger partial charge in [0.05, 0.1) is 5.52 Å². The molecule has 0 spiro atoms. The van der Waals surface area contributed by atoms with E-state index in [-0.39, 0.29) is 12.5 Å². The van der Waals surface area contributed by atoms with E-state index in [1.807, 2.05) is 30.3 Å². The molecular weight excluding hydrogens is 228 g/mol.